The number of carboxylic acids is 1. The molecule has 1 aliphatic rings. The second-order valence-electron chi connectivity index (χ2n) is 7.16. The first-order chi connectivity index (χ1) is 12.6. The SMILES string of the molecule is O=C(O)CC1(NC(=O)C(c2ccccc2)c2ccccc2)CCCCC1. The van der Waals surface area contributed by atoms with Gasteiger partial charge in [-0.05, 0) is 24.0 Å². The number of aliphatic carboxylic acids is 1. The molecule has 1 amide bonds. The second-order valence-corrected chi connectivity index (χ2v) is 7.16. The van der Waals surface area contributed by atoms with Crippen LogP contribution in [0.2, 0.25) is 0 Å². The van der Waals surface area contributed by atoms with Crippen molar-refractivity contribution in [2.45, 2.75) is 50.0 Å². The Bertz CT molecular complexity index is 697. The Morgan fingerprint density at radius 3 is 1.85 bits per heavy atom. The third-order valence-corrected chi connectivity index (χ3v) is 5.22. The predicted molar refractivity (Wildman–Crippen MR) is 101 cm³/mol. The molecule has 4 heteroatoms. The lowest BCUT2D eigenvalue weighted by atomic mass is 9.78. The summed E-state index contributed by atoms with van der Waals surface area (Å²) in [5, 5.41) is 12.5. The zero-order chi connectivity index (χ0) is 18.4. The number of nitrogens with one attached hydrogen (secondary N) is 1. The van der Waals surface area contributed by atoms with E-state index in [-0.39, 0.29) is 12.3 Å². The highest BCUT2D eigenvalue weighted by Gasteiger charge is 2.37. The molecule has 0 unspecified atom stereocenters. The van der Waals surface area contributed by atoms with E-state index in [0.717, 1.165) is 43.2 Å². The summed E-state index contributed by atoms with van der Waals surface area (Å²) >= 11 is 0. The van der Waals surface area contributed by atoms with E-state index in [0.29, 0.717) is 0 Å². The van der Waals surface area contributed by atoms with Crippen LogP contribution in [-0.4, -0.2) is 22.5 Å². The maximum absolute atomic E-state index is 13.3. The molecule has 0 heterocycles. The van der Waals surface area contributed by atoms with Crippen molar-refractivity contribution >= 4 is 11.9 Å². The molecule has 0 spiro atoms. The Kier molecular flexibility index (Phi) is 5.71. The molecule has 0 saturated heterocycles. The molecule has 1 fully saturated rings. The highest BCUT2D eigenvalue weighted by atomic mass is 16.4. The van der Waals surface area contributed by atoms with Gasteiger partial charge in [-0.25, -0.2) is 0 Å². The maximum Gasteiger partial charge on any atom is 0.305 e. The summed E-state index contributed by atoms with van der Waals surface area (Å²) in [6, 6.07) is 19.3. The second kappa shape index (κ2) is 8.17. The number of benzene rings is 2. The van der Waals surface area contributed by atoms with Crippen molar-refractivity contribution in [3.8, 4) is 0 Å². The van der Waals surface area contributed by atoms with E-state index in [1.165, 1.54) is 0 Å². The highest BCUT2D eigenvalue weighted by molar-refractivity contribution is 5.88. The average Bonchev–Trinajstić information content (AvgIpc) is 2.63. The average molecular weight is 351 g/mol. The molecule has 1 aliphatic carbocycles. The number of hydrogen-bond donors (Lipinski definition) is 2. The first-order valence-corrected chi connectivity index (χ1v) is 9.23. The standard InChI is InChI=1S/C22H25NO3/c24-19(25)16-22(14-8-3-9-15-22)23-21(26)20(17-10-4-1-5-11-17)18-12-6-2-7-13-18/h1-2,4-7,10-13,20H,3,8-9,14-16H2,(H,23,26)(H,24,25). The topological polar surface area (TPSA) is 66.4 Å². The van der Waals surface area contributed by atoms with Gasteiger partial charge >= 0.3 is 5.97 Å². The number of amides is 1. The zero-order valence-electron chi connectivity index (χ0n) is 14.9. The van der Waals surface area contributed by atoms with Crippen LogP contribution in [0.1, 0.15) is 55.6 Å². The van der Waals surface area contributed by atoms with Crippen molar-refractivity contribution in [3.63, 3.8) is 0 Å². The maximum atomic E-state index is 13.3. The first kappa shape index (κ1) is 18.2. The fraction of sp³-hybridized carbons (Fsp3) is 0.364. The summed E-state index contributed by atoms with van der Waals surface area (Å²) in [6.45, 7) is 0. The summed E-state index contributed by atoms with van der Waals surface area (Å²) in [7, 11) is 0. The van der Waals surface area contributed by atoms with Crippen LogP contribution in [0.15, 0.2) is 60.7 Å². The van der Waals surface area contributed by atoms with E-state index in [2.05, 4.69) is 5.32 Å². The molecule has 0 aliphatic heterocycles. The normalized spacial score (nSPS) is 16.2. The molecule has 0 radical (unpaired) electrons. The molecule has 0 bridgehead atoms. The van der Waals surface area contributed by atoms with Crippen LogP contribution < -0.4 is 5.32 Å². The number of hydrogen-bond acceptors (Lipinski definition) is 2. The minimum atomic E-state index is -0.858. The lowest BCUT2D eigenvalue weighted by Crippen LogP contribution is -2.52. The molecular weight excluding hydrogens is 326 g/mol. The van der Waals surface area contributed by atoms with Gasteiger partial charge in [0, 0.05) is 0 Å². The number of carboxylic acid groups (broad SMARTS) is 1. The molecule has 1 saturated carbocycles. The molecule has 2 aromatic carbocycles. The summed E-state index contributed by atoms with van der Waals surface area (Å²) in [4.78, 5) is 24.7. The van der Waals surface area contributed by atoms with Crippen molar-refractivity contribution in [2.24, 2.45) is 0 Å². The van der Waals surface area contributed by atoms with Crippen molar-refractivity contribution in [1.82, 2.24) is 5.32 Å². The molecule has 2 N–H and O–H groups in total. The van der Waals surface area contributed by atoms with Crippen LogP contribution in [0.25, 0.3) is 0 Å². The third-order valence-electron chi connectivity index (χ3n) is 5.22. The molecular formula is C22H25NO3. The fourth-order valence-electron chi connectivity index (χ4n) is 3.98. The van der Waals surface area contributed by atoms with Gasteiger partial charge in [-0.15, -0.1) is 0 Å². The molecule has 3 rings (SSSR count). The zero-order valence-corrected chi connectivity index (χ0v) is 14.9. The predicted octanol–water partition coefficient (Wildman–Crippen LogP) is 4.11. The van der Waals surface area contributed by atoms with Crippen LogP contribution in [0.4, 0.5) is 0 Å². The summed E-state index contributed by atoms with van der Waals surface area (Å²) in [5.41, 5.74) is 1.19. The van der Waals surface area contributed by atoms with Crippen molar-refractivity contribution in [3.05, 3.63) is 71.8 Å². The highest BCUT2D eigenvalue weighted by Crippen LogP contribution is 2.33. The Balaban J connectivity index is 1.91. The van der Waals surface area contributed by atoms with Gasteiger partial charge in [0.2, 0.25) is 5.91 Å². The number of carbonyl (C=O) groups is 2. The molecule has 0 atom stereocenters. The quantitative estimate of drug-likeness (QED) is 0.823. The van der Waals surface area contributed by atoms with E-state index < -0.39 is 17.4 Å². The number of rotatable bonds is 6. The van der Waals surface area contributed by atoms with E-state index in [9.17, 15) is 14.7 Å². The summed E-state index contributed by atoms with van der Waals surface area (Å²) in [6.07, 6.45) is 4.43. The molecule has 136 valence electrons. The van der Waals surface area contributed by atoms with Gasteiger partial charge in [-0.3, -0.25) is 9.59 Å². The minimum absolute atomic E-state index is 0.0188. The van der Waals surface area contributed by atoms with Crippen molar-refractivity contribution < 1.29 is 14.7 Å². The monoisotopic (exact) mass is 351 g/mol. The first-order valence-electron chi connectivity index (χ1n) is 9.23. The van der Waals surface area contributed by atoms with Crippen LogP contribution in [0.3, 0.4) is 0 Å². The lowest BCUT2D eigenvalue weighted by molar-refractivity contribution is -0.139. The lowest BCUT2D eigenvalue weighted by Gasteiger charge is -2.38. The van der Waals surface area contributed by atoms with Gasteiger partial charge in [-0.1, -0.05) is 79.9 Å². The van der Waals surface area contributed by atoms with Crippen LogP contribution >= 0.6 is 0 Å². The van der Waals surface area contributed by atoms with E-state index in [1.54, 1.807) is 0 Å². The van der Waals surface area contributed by atoms with Crippen molar-refractivity contribution in [1.29, 1.82) is 0 Å². The summed E-state index contributed by atoms with van der Waals surface area (Å²) in [5.74, 6) is -1.42. The Labute approximate surface area is 154 Å². The van der Waals surface area contributed by atoms with E-state index in [1.807, 2.05) is 60.7 Å². The smallest absolute Gasteiger partial charge is 0.305 e. The van der Waals surface area contributed by atoms with E-state index in [4.69, 9.17) is 0 Å². The molecule has 2 aromatic rings. The Morgan fingerprint density at radius 1 is 0.885 bits per heavy atom. The Hall–Kier alpha value is -2.62. The van der Waals surface area contributed by atoms with Crippen LogP contribution in [-0.2, 0) is 9.59 Å². The minimum Gasteiger partial charge on any atom is -0.481 e. The molecule has 4 nitrogen and oxygen atoms in total. The molecule has 0 aromatic heterocycles. The third kappa shape index (κ3) is 4.31. The van der Waals surface area contributed by atoms with Gasteiger partial charge in [0.25, 0.3) is 0 Å². The van der Waals surface area contributed by atoms with Gasteiger partial charge in [0.05, 0.1) is 17.9 Å². The molecule has 26 heavy (non-hydrogen) atoms. The van der Waals surface area contributed by atoms with Gasteiger partial charge in [-0.2, -0.15) is 0 Å². The van der Waals surface area contributed by atoms with Crippen molar-refractivity contribution in [2.75, 3.05) is 0 Å². The fourth-order valence-corrected chi connectivity index (χ4v) is 3.98. The van der Waals surface area contributed by atoms with E-state index >= 15 is 0 Å². The van der Waals surface area contributed by atoms with Crippen LogP contribution in [0.5, 0.6) is 0 Å². The van der Waals surface area contributed by atoms with Gasteiger partial charge < -0.3 is 10.4 Å². The largest absolute Gasteiger partial charge is 0.481 e. The Morgan fingerprint density at radius 2 is 1.38 bits per heavy atom. The van der Waals surface area contributed by atoms with Gasteiger partial charge in [0.15, 0.2) is 0 Å². The van der Waals surface area contributed by atoms with Gasteiger partial charge in [0.1, 0.15) is 0 Å². The van der Waals surface area contributed by atoms with Crippen LogP contribution in [0, 0.1) is 0 Å². The number of carbonyl (C=O) groups excluding carboxylic acids is 1. The summed E-state index contributed by atoms with van der Waals surface area (Å²) < 4.78 is 0.